The summed E-state index contributed by atoms with van der Waals surface area (Å²) in [5.74, 6) is -0.761. The van der Waals surface area contributed by atoms with Crippen LogP contribution in [0.5, 0.6) is 0 Å². The van der Waals surface area contributed by atoms with Crippen molar-refractivity contribution in [3.05, 3.63) is 188 Å². The van der Waals surface area contributed by atoms with Crippen LogP contribution in [-0.4, -0.2) is 15.0 Å². The fourth-order valence-electron chi connectivity index (χ4n) is 5.92. The number of rotatable bonds is 6. The number of hydrogen-bond donors (Lipinski definition) is 0. The van der Waals surface area contributed by atoms with Crippen LogP contribution in [-0.2, 0) is 0 Å². The Kier molecular flexibility index (Phi) is 4.76. The standard InChI is InChI=1S/C47H31N3/c1-3-13-32(14-4-1)36-20-11-22-39(27-36)45-48-46(50-47(49-45)41-26-25-34-17-7-8-18-35(34)28-41)40-23-12-21-38(29-40)44-31-42(33-15-5-2-6-16-33)30-37-19-9-10-24-43(37)44/h1-31H/i1D,3D,4D,11D,12D,13D,14D,20D,21D,22D,23D,27D,29D. The summed E-state index contributed by atoms with van der Waals surface area (Å²) in [7, 11) is 0. The van der Waals surface area contributed by atoms with Crippen molar-refractivity contribution in [3.8, 4) is 67.5 Å². The molecule has 0 aliphatic heterocycles. The van der Waals surface area contributed by atoms with Crippen molar-refractivity contribution < 1.29 is 17.8 Å². The highest BCUT2D eigenvalue weighted by Crippen LogP contribution is 2.36. The Bertz CT molecular complexity index is 3370. The molecule has 0 aliphatic carbocycles. The van der Waals surface area contributed by atoms with Crippen LogP contribution in [0.2, 0.25) is 0 Å². The predicted molar refractivity (Wildman–Crippen MR) is 207 cm³/mol. The minimum absolute atomic E-state index is 0.0343. The van der Waals surface area contributed by atoms with Crippen molar-refractivity contribution in [2.24, 2.45) is 0 Å². The van der Waals surface area contributed by atoms with Crippen molar-refractivity contribution in [3.63, 3.8) is 0 Å². The van der Waals surface area contributed by atoms with E-state index in [0.29, 0.717) is 16.5 Å². The van der Waals surface area contributed by atoms with Crippen molar-refractivity contribution in [1.82, 2.24) is 15.0 Å². The first-order valence-electron chi connectivity index (χ1n) is 22.3. The molecule has 0 spiro atoms. The minimum Gasteiger partial charge on any atom is -0.208 e. The van der Waals surface area contributed by atoms with E-state index in [9.17, 15) is 5.48 Å². The summed E-state index contributed by atoms with van der Waals surface area (Å²) in [5, 5.41) is 3.19. The van der Waals surface area contributed by atoms with Gasteiger partial charge in [-0.3, -0.25) is 0 Å². The number of nitrogens with zero attached hydrogens (tertiary/aromatic N) is 3. The first-order chi connectivity index (χ1) is 30.2. The smallest absolute Gasteiger partial charge is 0.164 e. The molecule has 8 aromatic carbocycles. The van der Waals surface area contributed by atoms with Crippen LogP contribution in [0.3, 0.4) is 0 Å². The second kappa shape index (κ2) is 12.7. The summed E-state index contributed by atoms with van der Waals surface area (Å²) < 4.78 is 115. The van der Waals surface area contributed by atoms with Gasteiger partial charge in [-0.15, -0.1) is 0 Å². The van der Waals surface area contributed by atoms with Crippen LogP contribution in [0.4, 0.5) is 0 Å². The molecule has 0 unspecified atom stereocenters. The first kappa shape index (κ1) is 18.7. The van der Waals surface area contributed by atoms with Gasteiger partial charge in [0.2, 0.25) is 0 Å². The van der Waals surface area contributed by atoms with E-state index in [0.717, 1.165) is 27.3 Å². The zero-order chi connectivity index (χ0) is 44.6. The predicted octanol–water partition coefficient (Wildman–Crippen LogP) is 12.2. The van der Waals surface area contributed by atoms with Gasteiger partial charge in [0.05, 0.1) is 17.8 Å². The third-order valence-electron chi connectivity index (χ3n) is 8.33. The molecule has 0 fully saturated rings. The molecule has 9 aromatic rings. The van der Waals surface area contributed by atoms with Crippen LogP contribution in [0.25, 0.3) is 89.1 Å². The number of aromatic nitrogens is 3. The van der Waals surface area contributed by atoms with Crippen LogP contribution in [0, 0.1) is 0 Å². The third-order valence-corrected chi connectivity index (χ3v) is 8.33. The van der Waals surface area contributed by atoms with Gasteiger partial charge >= 0.3 is 0 Å². The molecule has 1 heterocycles. The Hall–Kier alpha value is -6.71. The molecule has 0 amide bonds. The van der Waals surface area contributed by atoms with Gasteiger partial charge in [-0.1, -0.05) is 157 Å². The van der Waals surface area contributed by atoms with E-state index in [1.54, 1.807) is 12.1 Å². The van der Waals surface area contributed by atoms with Crippen molar-refractivity contribution >= 4 is 21.5 Å². The Morgan fingerprint density at radius 3 is 1.66 bits per heavy atom. The average molecular weight is 651 g/mol. The molecular formula is C47H31N3. The third kappa shape index (κ3) is 5.72. The van der Waals surface area contributed by atoms with Crippen molar-refractivity contribution in [2.75, 3.05) is 0 Å². The largest absolute Gasteiger partial charge is 0.208 e. The Morgan fingerprint density at radius 1 is 0.340 bits per heavy atom. The molecule has 1 aromatic heterocycles. The summed E-state index contributed by atoms with van der Waals surface area (Å²) in [4.78, 5) is 14.1. The Labute approximate surface area is 309 Å². The lowest BCUT2D eigenvalue weighted by atomic mass is 9.92. The maximum Gasteiger partial charge on any atom is 0.164 e. The van der Waals surface area contributed by atoms with Gasteiger partial charge in [-0.2, -0.15) is 0 Å². The van der Waals surface area contributed by atoms with E-state index in [-0.39, 0.29) is 34.9 Å². The van der Waals surface area contributed by atoms with Gasteiger partial charge in [-0.25, -0.2) is 15.0 Å². The van der Waals surface area contributed by atoms with Crippen molar-refractivity contribution in [2.45, 2.75) is 0 Å². The summed E-state index contributed by atoms with van der Waals surface area (Å²) in [6.07, 6.45) is 0. The molecule has 0 aliphatic rings. The lowest BCUT2D eigenvalue weighted by Gasteiger charge is -2.13. The molecule has 0 atom stereocenters. The van der Waals surface area contributed by atoms with E-state index < -0.39 is 89.0 Å². The quantitative estimate of drug-likeness (QED) is 0.180. The molecule has 0 N–H and O–H groups in total. The normalized spacial score (nSPS) is 14.8. The second-order valence-corrected chi connectivity index (χ2v) is 11.5. The van der Waals surface area contributed by atoms with Crippen molar-refractivity contribution in [1.29, 1.82) is 0 Å². The fourth-order valence-corrected chi connectivity index (χ4v) is 5.92. The molecule has 3 nitrogen and oxygen atoms in total. The maximum atomic E-state index is 9.76. The summed E-state index contributed by atoms with van der Waals surface area (Å²) in [5.41, 5.74) is 0.856. The summed E-state index contributed by atoms with van der Waals surface area (Å²) >= 11 is 0. The van der Waals surface area contributed by atoms with E-state index in [4.69, 9.17) is 17.3 Å². The van der Waals surface area contributed by atoms with Crippen LogP contribution < -0.4 is 0 Å². The molecule has 3 heteroatoms. The zero-order valence-electron chi connectivity index (χ0n) is 39.2. The summed E-state index contributed by atoms with van der Waals surface area (Å²) in [6.45, 7) is 0. The lowest BCUT2D eigenvalue weighted by molar-refractivity contribution is 1.07. The van der Waals surface area contributed by atoms with E-state index in [2.05, 4.69) is 9.97 Å². The SMILES string of the molecule is [2H]c1c([2H])c([2H])c(-c2c([2H])c([2H])c([2H])c(-c3nc(-c4ccc5ccccc5c4)nc(-c4c([2H])c([2H])c([2H])c(-c5cc(-c6ccccc6)cc6ccccc56)c4[2H])n3)c2[2H])c([2H])c1[2H]. The van der Waals surface area contributed by atoms with Gasteiger partial charge < -0.3 is 0 Å². The Morgan fingerprint density at radius 2 is 0.900 bits per heavy atom. The molecule has 50 heavy (non-hydrogen) atoms. The van der Waals surface area contributed by atoms with Gasteiger partial charge in [0.15, 0.2) is 17.5 Å². The molecule has 9 rings (SSSR count). The average Bonchev–Trinajstić information content (AvgIpc) is 3.30. The van der Waals surface area contributed by atoms with Gasteiger partial charge in [0, 0.05) is 16.7 Å². The number of fused-ring (bicyclic) bond motifs is 2. The topological polar surface area (TPSA) is 38.7 Å². The zero-order valence-corrected chi connectivity index (χ0v) is 26.2. The summed E-state index contributed by atoms with van der Waals surface area (Å²) in [6, 6.07) is 25.6. The highest BCUT2D eigenvalue weighted by atomic mass is 15.0. The Balaban J connectivity index is 1.37. The molecule has 234 valence electrons. The van der Waals surface area contributed by atoms with Crippen LogP contribution in [0.15, 0.2) is 188 Å². The lowest BCUT2D eigenvalue weighted by Crippen LogP contribution is -2.00. The number of benzene rings is 8. The van der Waals surface area contributed by atoms with E-state index >= 15 is 0 Å². The first-order valence-corrected chi connectivity index (χ1v) is 15.8. The molecular weight excluding hydrogens is 607 g/mol. The molecule has 0 bridgehead atoms. The second-order valence-electron chi connectivity index (χ2n) is 11.5. The van der Waals surface area contributed by atoms with Gasteiger partial charge in [-0.05, 0) is 85.2 Å². The van der Waals surface area contributed by atoms with Crippen LogP contribution >= 0.6 is 0 Å². The molecule has 0 saturated heterocycles. The number of hydrogen-bond acceptors (Lipinski definition) is 3. The van der Waals surface area contributed by atoms with Crippen LogP contribution in [0.1, 0.15) is 17.8 Å². The maximum absolute atomic E-state index is 9.76. The van der Waals surface area contributed by atoms with Gasteiger partial charge in [0.1, 0.15) is 0 Å². The molecule has 0 radical (unpaired) electrons. The van der Waals surface area contributed by atoms with E-state index in [1.165, 1.54) is 0 Å². The van der Waals surface area contributed by atoms with Gasteiger partial charge in [0.25, 0.3) is 0 Å². The fraction of sp³-hybridized carbons (Fsp3) is 0. The monoisotopic (exact) mass is 650 g/mol. The van der Waals surface area contributed by atoms with E-state index in [1.807, 2.05) is 97.1 Å². The highest BCUT2D eigenvalue weighted by Gasteiger charge is 2.15. The minimum atomic E-state index is -0.737. The highest BCUT2D eigenvalue weighted by molar-refractivity contribution is 6.00. The molecule has 0 saturated carbocycles.